The van der Waals surface area contributed by atoms with Crippen LogP contribution < -0.4 is 42.5 Å². The van der Waals surface area contributed by atoms with Crippen molar-refractivity contribution in [3.8, 4) is 0 Å². The Kier molecular flexibility index (Phi) is 23.1. The quantitative estimate of drug-likeness (QED) is 0.0656. The van der Waals surface area contributed by atoms with Crippen LogP contribution in [0, 0.1) is 10.8 Å². The summed E-state index contributed by atoms with van der Waals surface area (Å²) in [6, 6.07) is 12.8. The number of hydrogen-bond acceptors (Lipinski definition) is 10. The molecule has 0 unspecified atom stereocenters. The van der Waals surface area contributed by atoms with Gasteiger partial charge in [0.25, 0.3) is 0 Å². The minimum Gasteiger partial charge on any atom is -0.351 e. The van der Waals surface area contributed by atoms with Gasteiger partial charge in [0, 0.05) is 38.0 Å². The molecule has 2 aromatic rings. The topological polar surface area (TPSA) is 239 Å². The van der Waals surface area contributed by atoms with Gasteiger partial charge in [0.15, 0.2) is 0 Å². The molecule has 2 aromatic carbocycles. The van der Waals surface area contributed by atoms with E-state index >= 15 is 0 Å². The summed E-state index contributed by atoms with van der Waals surface area (Å²) in [6.45, 7) is 18.6. The van der Waals surface area contributed by atoms with E-state index < -0.39 is 59.2 Å². The highest BCUT2D eigenvalue weighted by molar-refractivity contribution is 5.95. The Morgan fingerprint density at radius 1 is 0.500 bits per heavy atom. The first-order chi connectivity index (χ1) is 34.9. The zero-order valence-electron chi connectivity index (χ0n) is 46.2. The maximum absolute atomic E-state index is 14.3. The number of rotatable bonds is 25. The standard InChI is InChI=1S/C56H88N10O8/c1-35(39-25-19-17-20-26-39)59-51(71)43-31-41(33-65(43)53(73)47(55(5,6)7)63-49(69)37(3)57-11)61-45(67)29-23-15-13-14-16-24-30-46(68)62-42-32-44(52(72)60-36(2)40-27-21-18-22-28-40)66(34-42)54(74)48(56(8,9)10)64-50(70)38(4)58-12/h17-22,25-28,35-38,41-44,47-48,57-58H,13-16,23-24,29-34H2,1-12H3,(H,59,71)(H,60,72)(H,61,67)(H,62,68)(H,63,69)(H,64,70)/t35-,36-,37+,38+,41+,42+,43+,44+,47-,48-/m1/s1. The minimum atomic E-state index is -0.921. The first-order valence-electron chi connectivity index (χ1n) is 26.7. The molecular weight excluding hydrogens is 941 g/mol. The second-order valence-corrected chi connectivity index (χ2v) is 22.6. The first kappa shape index (κ1) is 60.7. The van der Waals surface area contributed by atoms with Gasteiger partial charge in [0.1, 0.15) is 24.2 Å². The van der Waals surface area contributed by atoms with Gasteiger partial charge in [-0.1, -0.05) is 128 Å². The van der Waals surface area contributed by atoms with Crippen LogP contribution in [0.25, 0.3) is 0 Å². The van der Waals surface area contributed by atoms with Crippen LogP contribution in [-0.2, 0) is 38.4 Å². The number of benzene rings is 2. The van der Waals surface area contributed by atoms with Gasteiger partial charge in [-0.2, -0.15) is 0 Å². The van der Waals surface area contributed by atoms with Gasteiger partial charge < -0.3 is 52.3 Å². The highest BCUT2D eigenvalue weighted by Crippen LogP contribution is 2.29. The molecule has 0 bridgehead atoms. The fourth-order valence-corrected chi connectivity index (χ4v) is 9.44. The molecule has 8 N–H and O–H groups in total. The Labute approximate surface area is 440 Å². The smallest absolute Gasteiger partial charge is 0.246 e. The third-order valence-corrected chi connectivity index (χ3v) is 14.3. The molecule has 0 aromatic heterocycles. The van der Waals surface area contributed by atoms with Crippen LogP contribution >= 0.6 is 0 Å². The average Bonchev–Trinajstić information content (AvgIpc) is 3.99. The van der Waals surface area contributed by atoms with Gasteiger partial charge in [0.2, 0.25) is 47.3 Å². The maximum Gasteiger partial charge on any atom is 0.246 e. The molecule has 2 fully saturated rings. The SMILES string of the molecule is CN[C@@H](C)C(=O)N[C@H](C(=O)N1C[C@@H](NC(=O)CCCCCCCCC(=O)N[C@H]2C[C@@H](C(=O)N[C@H](C)c3ccccc3)N(C(=O)[C@@H](NC(=O)[C@H](C)NC)C(C)(C)C)C2)C[C@H]1C(=O)N[C@H](C)c1ccccc1)C(C)(C)C. The predicted molar refractivity (Wildman–Crippen MR) is 287 cm³/mol. The van der Waals surface area contributed by atoms with E-state index in [-0.39, 0.29) is 98.1 Å². The number of hydrogen-bond donors (Lipinski definition) is 8. The molecule has 0 radical (unpaired) electrons. The van der Waals surface area contributed by atoms with E-state index in [4.69, 9.17) is 0 Å². The van der Waals surface area contributed by atoms with Crippen LogP contribution in [0.5, 0.6) is 0 Å². The highest BCUT2D eigenvalue weighted by Gasteiger charge is 2.47. The number of likely N-dealkylation sites (tertiary alicyclic amines) is 2. The van der Waals surface area contributed by atoms with Gasteiger partial charge in [-0.05, 0) is 89.4 Å². The number of unbranched alkanes of at least 4 members (excludes halogenated alkanes) is 5. The van der Waals surface area contributed by atoms with Crippen LogP contribution in [0.1, 0.15) is 157 Å². The van der Waals surface area contributed by atoms with Crippen molar-refractivity contribution in [1.82, 2.24) is 52.3 Å². The molecule has 4 rings (SSSR count). The monoisotopic (exact) mass is 1030 g/mol. The summed E-state index contributed by atoms with van der Waals surface area (Å²) in [5.74, 6) is -2.44. The second kappa shape index (κ2) is 28.1. The zero-order valence-corrected chi connectivity index (χ0v) is 46.2. The van der Waals surface area contributed by atoms with Crippen LogP contribution in [0.4, 0.5) is 0 Å². The molecule has 10 atom stereocenters. The lowest BCUT2D eigenvalue weighted by atomic mass is 9.85. The largest absolute Gasteiger partial charge is 0.351 e. The number of nitrogens with zero attached hydrogens (tertiary/aromatic N) is 2. The van der Waals surface area contributed by atoms with Crippen LogP contribution in [0.2, 0.25) is 0 Å². The Morgan fingerprint density at radius 3 is 1.14 bits per heavy atom. The molecule has 18 nitrogen and oxygen atoms in total. The van der Waals surface area contributed by atoms with Crippen LogP contribution in [-0.4, -0.2) is 133 Å². The molecule has 18 heteroatoms. The summed E-state index contributed by atoms with van der Waals surface area (Å²) >= 11 is 0. The predicted octanol–water partition coefficient (Wildman–Crippen LogP) is 4.31. The van der Waals surface area contributed by atoms with Crippen molar-refractivity contribution < 1.29 is 38.4 Å². The second-order valence-electron chi connectivity index (χ2n) is 22.6. The van der Waals surface area contributed by atoms with E-state index in [2.05, 4.69) is 42.5 Å². The number of carbonyl (C=O) groups excluding carboxylic acids is 8. The first-order valence-corrected chi connectivity index (χ1v) is 26.7. The van der Waals surface area contributed by atoms with Crippen molar-refractivity contribution in [1.29, 1.82) is 0 Å². The maximum atomic E-state index is 14.3. The van der Waals surface area contributed by atoms with E-state index in [1.807, 2.05) is 116 Å². The molecule has 2 heterocycles. The summed E-state index contributed by atoms with van der Waals surface area (Å²) in [7, 11) is 3.33. The van der Waals surface area contributed by atoms with E-state index in [1.54, 1.807) is 27.9 Å². The molecule has 0 aliphatic carbocycles. The van der Waals surface area contributed by atoms with Gasteiger partial charge in [-0.3, -0.25) is 38.4 Å². The molecule has 2 aliphatic heterocycles. The summed E-state index contributed by atoms with van der Waals surface area (Å²) in [5, 5.41) is 23.9. The van der Waals surface area contributed by atoms with Crippen molar-refractivity contribution in [3.05, 3.63) is 71.8 Å². The number of carbonyl (C=O) groups is 8. The Morgan fingerprint density at radius 2 is 0.824 bits per heavy atom. The van der Waals surface area contributed by atoms with E-state index in [0.29, 0.717) is 12.8 Å². The summed E-state index contributed by atoms with van der Waals surface area (Å²) in [4.78, 5) is 112. The molecule has 0 saturated carbocycles. The number of likely N-dealkylation sites (N-methyl/N-ethyl adjacent to an activating group) is 2. The molecule has 8 amide bonds. The Hall–Kier alpha value is -5.88. The lowest BCUT2D eigenvalue weighted by Gasteiger charge is -2.36. The molecule has 2 aliphatic rings. The van der Waals surface area contributed by atoms with Gasteiger partial charge >= 0.3 is 0 Å². The zero-order chi connectivity index (χ0) is 54.9. The Balaban J connectivity index is 1.27. The summed E-state index contributed by atoms with van der Waals surface area (Å²) in [6.07, 6.45) is 5.64. The van der Waals surface area contributed by atoms with Crippen molar-refractivity contribution in [2.45, 2.75) is 194 Å². The average molecular weight is 1030 g/mol. The van der Waals surface area contributed by atoms with E-state index in [1.165, 1.54) is 9.80 Å². The van der Waals surface area contributed by atoms with Crippen LogP contribution in [0.3, 0.4) is 0 Å². The van der Waals surface area contributed by atoms with Gasteiger partial charge in [-0.15, -0.1) is 0 Å². The number of amides is 8. The fraction of sp³-hybridized carbons (Fsp3) is 0.643. The Bertz CT molecular complexity index is 2040. The minimum absolute atomic E-state index is 0.120. The molecule has 74 heavy (non-hydrogen) atoms. The fourth-order valence-electron chi connectivity index (χ4n) is 9.44. The van der Waals surface area contributed by atoms with E-state index in [0.717, 1.165) is 36.8 Å². The lowest BCUT2D eigenvalue weighted by Crippen LogP contribution is -2.59. The molecule has 2 saturated heterocycles. The summed E-state index contributed by atoms with van der Waals surface area (Å²) in [5.41, 5.74) is 0.475. The van der Waals surface area contributed by atoms with Gasteiger partial charge in [-0.25, -0.2) is 0 Å². The van der Waals surface area contributed by atoms with Crippen molar-refractivity contribution in [3.63, 3.8) is 0 Å². The third kappa shape index (κ3) is 17.9. The van der Waals surface area contributed by atoms with Crippen LogP contribution in [0.15, 0.2) is 60.7 Å². The van der Waals surface area contributed by atoms with Crippen molar-refractivity contribution >= 4 is 47.3 Å². The van der Waals surface area contributed by atoms with Crippen molar-refractivity contribution in [2.75, 3.05) is 27.2 Å². The van der Waals surface area contributed by atoms with Gasteiger partial charge in [0.05, 0.1) is 24.2 Å². The molecule has 0 spiro atoms. The molecular formula is C56H88N10O8. The van der Waals surface area contributed by atoms with Crippen molar-refractivity contribution in [2.24, 2.45) is 10.8 Å². The van der Waals surface area contributed by atoms with E-state index in [9.17, 15) is 38.4 Å². The normalized spacial score (nSPS) is 20.3. The number of nitrogens with one attached hydrogen (secondary N) is 8. The molecule has 410 valence electrons. The lowest BCUT2D eigenvalue weighted by molar-refractivity contribution is -0.144. The highest BCUT2D eigenvalue weighted by atomic mass is 16.2. The third-order valence-electron chi connectivity index (χ3n) is 14.3. The summed E-state index contributed by atoms with van der Waals surface area (Å²) < 4.78 is 0.